The Kier molecular flexibility index (Phi) is 5.06. The molecule has 1 heterocycles. The molecule has 0 saturated heterocycles. The summed E-state index contributed by atoms with van der Waals surface area (Å²) in [6, 6.07) is 7.57. The van der Waals surface area contributed by atoms with E-state index in [9.17, 15) is 4.79 Å². The van der Waals surface area contributed by atoms with Gasteiger partial charge in [-0.3, -0.25) is 0 Å². The third-order valence-electron chi connectivity index (χ3n) is 2.35. The molecule has 0 N–H and O–H groups in total. The minimum absolute atomic E-state index is 0.146. The zero-order valence-corrected chi connectivity index (χ0v) is 13.5. The smallest absolute Gasteiger partial charge is 0.335 e. The fourth-order valence-electron chi connectivity index (χ4n) is 1.46. The molecule has 18 heavy (non-hydrogen) atoms. The summed E-state index contributed by atoms with van der Waals surface area (Å²) in [4.78, 5) is 13.7. The lowest BCUT2D eigenvalue weighted by Gasteiger charge is -2.08. The zero-order chi connectivity index (χ0) is 13.1. The Morgan fingerprint density at radius 1 is 1.50 bits per heavy atom. The quantitative estimate of drug-likeness (QED) is 0.588. The summed E-state index contributed by atoms with van der Waals surface area (Å²) >= 11 is 12.7. The Hall–Kier alpha value is -0.100. The molecule has 0 radical (unpaired) electrons. The van der Waals surface area contributed by atoms with Crippen LogP contribution in [0.3, 0.4) is 0 Å². The fraction of sp³-hybridized carbons (Fsp3) is 0.250. The summed E-state index contributed by atoms with van der Waals surface area (Å²) in [5, 5.41) is 0.706. The molecule has 0 fully saturated rings. The second-order valence-corrected chi connectivity index (χ2v) is 7.68. The molecule has 1 atom stereocenters. The van der Waals surface area contributed by atoms with E-state index in [-0.39, 0.29) is 10.1 Å². The van der Waals surface area contributed by atoms with E-state index in [0.29, 0.717) is 10.8 Å². The van der Waals surface area contributed by atoms with Crippen molar-refractivity contribution in [2.75, 3.05) is 12.9 Å². The van der Waals surface area contributed by atoms with E-state index in [4.69, 9.17) is 16.3 Å². The molecular formula is C12H10BrClO2S2. The Labute approximate surface area is 128 Å². The highest BCUT2D eigenvalue weighted by Gasteiger charge is 2.29. The number of benzene rings is 1. The van der Waals surface area contributed by atoms with Gasteiger partial charge in [-0.2, -0.15) is 0 Å². The molecular weight excluding hydrogens is 356 g/mol. The molecule has 0 aliphatic carbocycles. The van der Waals surface area contributed by atoms with Crippen molar-refractivity contribution in [2.45, 2.75) is 9.05 Å². The predicted octanol–water partition coefficient (Wildman–Crippen LogP) is 4.33. The summed E-state index contributed by atoms with van der Waals surface area (Å²) in [5.74, 6) is 0.430. The molecule has 1 aromatic carbocycles. The molecule has 2 nitrogen and oxygen atoms in total. The van der Waals surface area contributed by atoms with Crippen molar-refractivity contribution in [3.05, 3.63) is 39.8 Å². The van der Waals surface area contributed by atoms with E-state index in [2.05, 4.69) is 15.9 Å². The third kappa shape index (κ3) is 3.26. The van der Waals surface area contributed by atoms with Gasteiger partial charge >= 0.3 is 5.97 Å². The van der Waals surface area contributed by atoms with Crippen LogP contribution in [0.15, 0.2) is 39.6 Å². The number of thioether (sulfide) groups is 2. The van der Waals surface area contributed by atoms with Crippen LogP contribution < -0.4 is 0 Å². The monoisotopic (exact) mass is 364 g/mol. The first-order chi connectivity index (χ1) is 8.61. The average molecular weight is 366 g/mol. The van der Waals surface area contributed by atoms with Gasteiger partial charge in [0.15, 0.2) is 0 Å². The average Bonchev–Trinajstić information content (AvgIpc) is 2.73. The van der Waals surface area contributed by atoms with Crippen LogP contribution in [0.1, 0.15) is 0 Å². The summed E-state index contributed by atoms with van der Waals surface area (Å²) in [6.07, 6.45) is 0. The molecule has 0 amide bonds. The van der Waals surface area contributed by atoms with Gasteiger partial charge < -0.3 is 4.74 Å². The van der Waals surface area contributed by atoms with Gasteiger partial charge in [0.1, 0.15) is 0 Å². The number of methoxy groups -OCH3 is 1. The lowest BCUT2D eigenvalue weighted by atomic mass is 10.3. The van der Waals surface area contributed by atoms with Crippen LogP contribution in [0.25, 0.3) is 0 Å². The largest absolute Gasteiger partial charge is 0.466 e. The maximum atomic E-state index is 11.7. The van der Waals surface area contributed by atoms with Gasteiger partial charge in [-0.25, -0.2) is 4.79 Å². The Morgan fingerprint density at radius 3 is 2.78 bits per heavy atom. The number of esters is 1. The van der Waals surface area contributed by atoms with Gasteiger partial charge in [0.05, 0.1) is 16.8 Å². The summed E-state index contributed by atoms with van der Waals surface area (Å²) in [7, 11) is 1.41. The lowest BCUT2D eigenvalue weighted by Crippen LogP contribution is -2.06. The Balaban J connectivity index is 2.24. The first kappa shape index (κ1) is 14.3. The number of halogens is 2. The number of rotatable bonds is 3. The molecule has 0 spiro atoms. The van der Waals surface area contributed by atoms with Crippen LogP contribution >= 0.6 is 51.1 Å². The van der Waals surface area contributed by atoms with Crippen LogP contribution in [-0.4, -0.2) is 23.0 Å². The summed E-state index contributed by atoms with van der Waals surface area (Å²) in [6.45, 7) is 0. The molecule has 1 aromatic rings. The molecule has 0 bridgehead atoms. The van der Waals surface area contributed by atoms with E-state index in [0.717, 1.165) is 15.4 Å². The van der Waals surface area contributed by atoms with Gasteiger partial charge in [-0.05, 0) is 24.3 Å². The molecule has 1 aliphatic heterocycles. The highest BCUT2D eigenvalue weighted by Crippen LogP contribution is 2.45. The van der Waals surface area contributed by atoms with Crippen molar-refractivity contribution < 1.29 is 9.53 Å². The number of hydrogen-bond acceptors (Lipinski definition) is 4. The maximum absolute atomic E-state index is 11.7. The van der Waals surface area contributed by atoms with Crippen LogP contribution in [0.5, 0.6) is 0 Å². The first-order valence-electron chi connectivity index (χ1n) is 5.12. The lowest BCUT2D eigenvalue weighted by molar-refractivity contribution is -0.135. The van der Waals surface area contributed by atoms with Crippen LogP contribution in [-0.2, 0) is 9.53 Å². The Morgan fingerprint density at radius 2 is 2.17 bits per heavy atom. The van der Waals surface area contributed by atoms with E-state index in [1.807, 2.05) is 24.3 Å². The molecule has 96 valence electrons. The van der Waals surface area contributed by atoms with Gasteiger partial charge in [0.25, 0.3) is 0 Å². The standard InChI is InChI=1S/C12H10BrClO2S2/c1-16-12(15)9-6-17-11(13)10(9)18-8-4-2-7(14)3-5-8/h2-5,11H,6H2,1H3/t11-/m0/s1. The zero-order valence-electron chi connectivity index (χ0n) is 9.48. The van der Waals surface area contributed by atoms with Gasteiger partial charge in [-0.1, -0.05) is 39.3 Å². The van der Waals surface area contributed by atoms with Crippen LogP contribution in [0.4, 0.5) is 0 Å². The molecule has 0 aromatic heterocycles. The third-order valence-corrected chi connectivity index (χ3v) is 6.50. The molecule has 1 aliphatic rings. The number of alkyl halides is 1. The normalized spacial score (nSPS) is 19.2. The van der Waals surface area contributed by atoms with Crippen LogP contribution in [0, 0.1) is 0 Å². The minimum atomic E-state index is -0.249. The van der Waals surface area contributed by atoms with Crippen molar-refractivity contribution in [1.29, 1.82) is 0 Å². The van der Waals surface area contributed by atoms with Gasteiger partial charge in [0, 0.05) is 20.6 Å². The first-order valence-corrected chi connectivity index (χ1v) is 8.28. The second-order valence-electron chi connectivity index (χ2n) is 3.52. The van der Waals surface area contributed by atoms with Crippen molar-refractivity contribution in [2.24, 2.45) is 0 Å². The predicted molar refractivity (Wildman–Crippen MR) is 81.5 cm³/mol. The summed E-state index contributed by atoms with van der Waals surface area (Å²) < 4.78 is 4.95. The fourth-order valence-corrected chi connectivity index (χ4v) is 4.76. The topological polar surface area (TPSA) is 26.3 Å². The molecule has 6 heteroatoms. The number of carbonyl (C=O) groups is 1. The molecule has 0 unspecified atom stereocenters. The highest BCUT2D eigenvalue weighted by molar-refractivity contribution is 9.11. The highest BCUT2D eigenvalue weighted by atomic mass is 79.9. The van der Waals surface area contributed by atoms with Crippen LogP contribution in [0.2, 0.25) is 5.02 Å². The van der Waals surface area contributed by atoms with E-state index in [1.54, 1.807) is 23.5 Å². The summed E-state index contributed by atoms with van der Waals surface area (Å²) in [5.41, 5.74) is 0.740. The molecule has 0 saturated carbocycles. The number of carbonyl (C=O) groups excluding carboxylic acids is 1. The van der Waals surface area contributed by atoms with E-state index < -0.39 is 0 Å². The second kappa shape index (κ2) is 6.37. The van der Waals surface area contributed by atoms with Crippen molar-refractivity contribution in [1.82, 2.24) is 0 Å². The molecule has 2 rings (SSSR count). The number of ether oxygens (including phenoxy) is 1. The van der Waals surface area contributed by atoms with Gasteiger partial charge in [-0.15, -0.1) is 11.8 Å². The SMILES string of the molecule is COC(=O)C1=C(Sc2ccc(Cl)cc2)[C@@H](Br)SC1. The number of hydrogen-bond donors (Lipinski definition) is 0. The van der Waals surface area contributed by atoms with E-state index >= 15 is 0 Å². The maximum Gasteiger partial charge on any atom is 0.335 e. The minimum Gasteiger partial charge on any atom is -0.466 e. The van der Waals surface area contributed by atoms with Crippen molar-refractivity contribution >= 4 is 57.0 Å². The Bertz CT molecular complexity index is 487. The van der Waals surface area contributed by atoms with Crippen molar-refractivity contribution in [3.8, 4) is 0 Å². The van der Waals surface area contributed by atoms with Gasteiger partial charge in [0.2, 0.25) is 0 Å². The van der Waals surface area contributed by atoms with E-state index in [1.165, 1.54) is 7.11 Å². The van der Waals surface area contributed by atoms with Crippen molar-refractivity contribution in [3.63, 3.8) is 0 Å².